The predicted octanol–water partition coefficient (Wildman–Crippen LogP) is 2.60. The summed E-state index contributed by atoms with van der Waals surface area (Å²) in [5, 5.41) is 13.4. The van der Waals surface area contributed by atoms with Gasteiger partial charge in [0.25, 0.3) is 0 Å². The summed E-state index contributed by atoms with van der Waals surface area (Å²) in [6, 6.07) is 6.47. The van der Waals surface area contributed by atoms with Crippen LogP contribution in [0, 0.1) is 0 Å². The third-order valence-electron chi connectivity index (χ3n) is 3.05. The second-order valence-corrected chi connectivity index (χ2v) is 5.65. The van der Waals surface area contributed by atoms with Crippen molar-refractivity contribution < 1.29 is 0 Å². The summed E-state index contributed by atoms with van der Waals surface area (Å²) >= 11 is 1.78. The molecule has 1 N–H and O–H groups in total. The van der Waals surface area contributed by atoms with Gasteiger partial charge in [-0.15, -0.1) is 10.2 Å². The quantitative estimate of drug-likeness (QED) is 0.814. The summed E-state index contributed by atoms with van der Waals surface area (Å²) in [5.41, 5.74) is 0.906. The van der Waals surface area contributed by atoms with Crippen LogP contribution in [0.25, 0.3) is 5.65 Å². The Morgan fingerprint density at radius 2 is 2.17 bits per heavy atom. The van der Waals surface area contributed by atoms with Crippen LogP contribution >= 0.6 is 11.8 Å². The van der Waals surface area contributed by atoms with E-state index in [0.29, 0.717) is 11.3 Å². The van der Waals surface area contributed by atoms with Crippen molar-refractivity contribution in [1.29, 1.82) is 0 Å². The van der Waals surface area contributed by atoms with Crippen LogP contribution in [-0.2, 0) is 0 Å². The molecule has 0 aliphatic carbocycles. The SMILES string of the molecule is CCNC(CC)C(C)Sc1nnc2ccccn12. The first kappa shape index (κ1) is 13.4. The minimum absolute atomic E-state index is 0.475. The van der Waals surface area contributed by atoms with Crippen LogP contribution in [-0.4, -0.2) is 32.4 Å². The molecular formula is C13H20N4S. The zero-order valence-electron chi connectivity index (χ0n) is 11.1. The highest BCUT2D eigenvalue weighted by molar-refractivity contribution is 7.99. The molecule has 18 heavy (non-hydrogen) atoms. The topological polar surface area (TPSA) is 42.2 Å². The van der Waals surface area contributed by atoms with E-state index in [9.17, 15) is 0 Å². The number of pyridine rings is 1. The zero-order valence-corrected chi connectivity index (χ0v) is 11.9. The van der Waals surface area contributed by atoms with E-state index in [1.165, 1.54) is 0 Å². The molecule has 2 heterocycles. The first-order valence-electron chi connectivity index (χ1n) is 6.46. The molecule has 2 aromatic rings. The smallest absolute Gasteiger partial charge is 0.195 e. The molecule has 0 amide bonds. The summed E-state index contributed by atoms with van der Waals surface area (Å²) in [6.45, 7) is 7.61. The molecule has 98 valence electrons. The van der Waals surface area contributed by atoms with Crippen molar-refractivity contribution >= 4 is 17.4 Å². The molecule has 2 unspecified atom stereocenters. The van der Waals surface area contributed by atoms with Crippen molar-refractivity contribution in [2.24, 2.45) is 0 Å². The van der Waals surface area contributed by atoms with Crippen molar-refractivity contribution in [3.63, 3.8) is 0 Å². The molecule has 0 aromatic carbocycles. The summed E-state index contributed by atoms with van der Waals surface area (Å²) < 4.78 is 2.04. The number of nitrogens with one attached hydrogen (secondary N) is 1. The number of thioether (sulfide) groups is 1. The molecule has 4 nitrogen and oxygen atoms in total. The molecule has 2 rings (SSSR count). The Morgan fingerprint density at radius 1 is 1.33 bits per heavy atom. The van der Waals surface area contributed by atoms with Crippen LogP contribution in [0.3, 0.4) is 0 Å². The molecule has 2 aromatic heterocycles. The maximum atomic E-state index is 4.26. The van der Waals surface area contributed by atoms with Crippen molar-refractivity contribution in [3.8, 4) is 0 Å². The molecular weight excluding hydrogens is 244 g/mol. The third kappa shape index (κ3) is 2.84. The van der Waals surface area contributed by atoms with Crippen molar-refractivity contribution in [3.05, 3.63) is 24.4 Å². The number of hydrogen-bond donors (Lipinski definition) is 1. The van der Waals surface area contributed by atoms with Gasteiger partial charge in [-0.25, -0.2) is 0 Å². The van der Waals surface area contributed by atoms with Crippen LogP contribution < -0.4 is 5.32 Å². The van der Waals surface area contributed by atoms with Gasteiger partial charge in [0.1, 0.15) is 0 Å². The van der Waals surface area contributed by atoms with Crippen molar-refractivity contribution in [1.82, 2.24) is 19.9 Å². The number of hydrogen-bond acceptors (Lipinski definition) is 4. The van der Waals surface area contributed by atoms with E-state index in [4.69, 9.17) is 0 Å². The Kier molecular flexibility index (Phi) is 4.60. The van der Waals surface area contributed by atoms with E-state index in [1.807, 2.05) is 28.8 Å². The van der Waals surface area contributed by atoms with Gasteiger partial charge in [0.05, 0.1) is 0 Å². The molecule has 2 atom stereocenters. The Bertz CT molecular complexity index is 496. The highest BCUT2D eigenvalue weighted by Gasteiger charge is 2.18. The molecule has 0 bridgehead atoms. The third-order valence-corrected chi connectivity index (χ3v) is 4.24. The summed E-state index contributed by atoms with van der Waals surface area (Å²) in [6.07, 6.45) is 3.14. The average molecular weight is 264 g/mol. The normalized spacial score (nSPS) is 14.8. The minimum Gasteiger partial charge on any atom is -0.313 e. The van der Waals surface area contributed by atoms with Gasteiger partial charge < -0.3 is 5.32 Å². The summed E-state index contributed by atoms with van der Waals surface area (Å²) in [7, 11) is 0. The van der Waals surface area contributed by atoms with E-state index in [1.54, 1.807) is 11.8 Å². The summed E-state index contributed by atoms with van der Waals surface area (Å²) in [4.78, 5) is 0. The predicted molar refractivity (Wildman–Crippen MR) is 76.1 cm³/mol. The van der Waals surface area contributed by atoms with Gasteiger partial charge in [-0.3, -0.25) is 4.40 Å². The number of fused-ring (bicyclic) bond motifs is 1. The maximum absolute atomic E-state index is 4.26. The molecule has 0 spiro atoms. The monoisotopic (exact) mass is 264 g/mol. The lowest BCUT2D eigenvalue weighted by atomic mass is 10.2. The number of rotatable bonds is 6. The number of aromatic nitrogens is 3. The zero-order chi connectivity index (χ0) is 13.0. The molecule has 0 aliphatic heterocycles. The standard InChI is InChI=1S/C13H20N4S/c1-4-11(14-5-2)10(3)18-13-16-15-12-8-6-7-9-17(12)13/h6-11,14H,4-5H2,1-3H3. The van der Waals surface area contributed by atoms with Crippen LogP contribution in [0.4, 0.5) is 0 Å². The van der Waals surface area contributed by atoms with E-state index < -0.39 is 0 Å². The summed E-state index contributed by atoms with van der Waals surface area (Å²) in [5.74, 6) is 0. The van der Waals surface area contributed by atoms with E-state index >= 15 is 0 Å². The Hall–Kier alpha value is -1.07. The van der Waals surface area contributed by atoms with Gasteiger partial charge in [-0.1, -0.05) is 38.6 Å². The minimum atomic E-state index is 0.475. The van der Waals surface area contributed by atoms with Gasteiger partial charge in [0, 0.05) is 17.5 Å². The first-order chi connectivity index (χ1) is 8.76. The largest absolute Gasteiger partial charge is 0.313 e. The second kappa shape index (κ2) is 6.20. The van der Waals surface area contributed by atoms with Crippen LogP contribution in [0.1, 0.15) is 27.2 Å². The number of nitrogens with zero attached hydrogens (tertiary/aromatic N) is 3. The van der Waals surface area contributed by atoms with E-state index in [0.717, 1.165) is 23.8 Å². The molecule has 0 aliphatic rings. The van der Waals surface area contributed by atoms with E-state index in [-0.39, 0.29) is 0 Å². The molecule has 0 saturated heterocycles. The van der Waals surface area contributed by atoms with Crippen LogP contribution in [0.2, 0.25) is 0 Å². The van der Waals surface area contributed by atoms with Gasteiger partial charge in [0.15, 0.2) is 10.8 Å². The lowest BCUT2D eigenvalue weighted by Gasteiger charge is -2.22. The fourth-order valence-electron chi connectivity index (χ4n) is 2.05. The van der Waals surface area contributed by atoms with Crippen molar-refractivity contribution in [2.45, 2.75) is 43.6 Å². The molecule has 0 fully saturated rings. The second-order valence-electron chi connectivity index (χ2n) is 4.31. The van der Waals surface area contributed by atoms with Crippen LogP contribution in [0.5, 0.6) is 0 Å². The fraction of sp³-hybridized carbons (Fsp3) is 0.538. The Morgan fingerprint density at radius 3 is 2.89 bits per heavy atom. The van der Waals surface area contributed by atoms with Gasteiger partial charge >= 0.3 is 0 Å². The average Bonchev–Trinajstić information content (AvgIpc) is 2.79. The van der Waals surface area contributed by atoms with Gasteiger partial charge in [-0.2, -0.15) is 0 Å². The molecule has 5 heteroatoms. The van der Waals surface area contributed by atoms with Gasteiger partial charge in [0.2, 0.25) is 0 Å². The first-order valence-corrected chi connectivity index (χ1v) is 7.34. The van der Waals surface area contributed by atoms with Crippen LogP contribution in [0.15, 0.2) is 29.6 Å². The van der Waals surface area contributed by atoms with Crippen molar-refractivity contribution in [2.75, 3.05) is 6.54 Å². The lowest BCUT2D eigenvalue weighted by molar-refractivity contribution is 0.508. The fourth-order valence-corrected chi connectivity index (χ4v) is 3.19. The molecule has 0 saturated carbocycles. The van der Waals surface area contributed by atoms with E-state index in [2.05, 4.69) is 36.3 Å². The Balaban J connectivity index is 2.13. The Labute approximate surface area is 112 Å². The maximum Gasteiger partial charge on any atom is 0.195 e. The lowest BCUT2D eigenvalue weighted by Crippen LogP contribution is -2.36. The van der Waals surface area contributed by atoms with Gasteiger partial charge in [-0.05, 0) is 25.1 Å². The molecule has 0 radical (unpaired) electrons. The highest BCUT2D eigenvalue weighted by atomic mass is 32.2. The highest BCUT2D eigenvalue weighted by Crippen LogP contribution is 2.25.